The van der Waals surface area contributed by atoms with Gasteiger partial charge < -0.3 is 0 Å². The number of hydrogen-bond donors (Lipinski definition) is 0. The zero-order valence-electron chi connectivity index (χ0n) is 12.9. The maximum atomic E-state index is 12.7. The van der Waals surface area contributed by atoms with E-state index in [9.17, 15) is 13.2 Å². The van der Waals surface area contributed by atoms with Crippen LogP contribution in [0.3, 0.4) is 0 Å². The second-order valence-electron chi connectivity index (χ2n) is 5.17. The first-order chi connectivity index (χ1) is 10.9. The van der Waals surface area contributed by atoms with E-state index in [-0.39, 0.29) is 16.2 Å². The quantitative estimate of drug-likeness (QED) is 0.742. The van der Waals surface area contributed by atoms with Gasteiger partial charge in [-0.3, -0.25) is 9.36 Å². The minimum Gasteiger partial charge on any atom is -0.295 e. The fourth-order valence-electron chi connectivity index (χ4n) is 2.23. The number of thioether (sulfide) groups is 1. The normalized spacial score (nSPS) is 11.5. The van der Waals surface area contributed by atoms with Crippen LogP contribution in [0.1, 0.15) is 25.6 Å². The molecule has 6 nitrogen and oxygen atoms in total. The molecule has 23 heavy (non-hydrogen) atoms. The minimum absolute atomic E-state index is 0.127. The van der Waals surface area contributed by atoms with Gasteiger partial charge >= 0.3 is 0 Å². The molecule has 1 aromatic carbocycles. The Morgan fingerprint density at radius 2 is 2.13 bits per heavy atom. The van der Waals surface area contributed by atoms with E-state index in [1.165, 1.54) is 18.2 Å². The van der Waals surface area contributed by atoms with Crippen LogP contribution in [0.4, 0.5) is 0 Å². The van der Waals surface area contributed by atoms with Gasteiger partial charge in [0.25, 0.3) is 5.56 Å². The smallest absolute Gasteiger partial charge is 0.261 e. The number of rotatable bonds is 6. The van der Waals surface area contributed by atoms with Crippen LogP contribution < -0.4 is 5.56 Å². The average molecular weight is 351 g/mol. The summed E-state index contributed by atoms with van der Waals surface area (Å²) in [7, 11) is -3.37. The Bertz CT molecular complexity index is 927. The number of benzene rings is 1. The molecular formula is C15H17N3O3S2. The third-order valence-electron chi connectivity index (χ3n) is 3.44. The van der Waals surface area contributed by atoms with Crippen molar-refractivity contribution >= 4 is 32.5 Å². The first-order valence-corrected chi connectivity index (χ1v) is 10.0. The summed E-state index contributed by atoms with van der Waals surface area (Å²) in [6.45, 7) is 2.56. The van der Waals surface area contributed by atoms with Gasteiger partial charge in [-0.25, -0.2) is 13.4 Å². The van der Waals surface area contributed by atoms with Crippen molar-refractivity contribution in [1.82, 2.24) is 9.55 Å². The molecule has 0 unspecified atom stereocenters. The van der Waals surface area contributed by atoms with Gasteiger partial charge in [0.2, 0.25) is 0 Å². The topological polar surface area (TPSA) is 92.8 Å². The fourth-order valence-corrected chi connectivity index (χ4v) is 3.29. The van der Waals surface area contributed by atoms with Gasteiger partial charge in [0.05, 0.1) is 21.6 Å². The summed E-state index contributed by atoms with van der Waals surface area (Å²) in [6.07, 6.45) is 2.88. The van der Waals surface area contributed by atoms with E-state index in [4.69, 9.17) is 5.26 Å². The van der Waals surface area contributed by atoms with Crippen LogP contribution in [-0.4, -0.2) is 24.2 Å². The van der Waals surface area contributed by atoms with Crippen molar-refractivity contribution in [2.45, 2.75) is 37.0 Å². The molecule has 2 rings (SSSR count). The maximum absolute atomic E-state index is 12.7. The fraction of sp³-hybridized carbons (Fsp3) is 0.400. The molecular weight excluding hydrogens is 334 g/mol. The highest BCUT2D eigenvalue weighted by atomic mass is 32.2. The molecule has 1 heterocycles. The molecule has 0 aliphatic rings. The van der Waals surface area contributed by atoms with Gasteiger partial charge in [-0.05, 0) is 36.4 Å². The van der Waals surface area contributed by atoms with E-state index in [1.54, 1.807) is 4.57 Å². The zero-order chi connectivity index (χ0) is 17.0. The van der Waals surface area contributed by atoms with Crippen molar-refractivity contribution in [3.8, 4) is 5.40 Å². The van der Waals surface area contributed by atoms with E-state index < -0.39 is 9.84 Å². The summed E-state index contributed by atoms with van der Waals surface area (Å²) in [6, 6.07) is 4.34. The monoisotopic (exact) mass is 351 g/mol. The number of unbranched alkanes of at least 4 members (excludes halogenated alkanes) is 1. The number of sulfone groups is 1. The minimum atomic E-state index is -3.37. The molecule has 0 saturated carbocycles. The summed E-state index contributed by atoms with van der Waals surface area (Å²) in [5.41, 5.74) is 0.149. The summed E-state index contributed by atoms with van der Waals surface area (Å²) in [5.74, 6) is 0.780. The Labute approximate surface area is 139 Å². The standard InChI is InChI=1S/C15H17N3O3S2/c1-3-4-7-18-14(9-22-10-16)17-13-8-11(23(2,20)21)5-6-12(13)15(18)19/h5-6,8H,3-4,7,9H2,1-2H3. The van der Waals surface area contributed by atoms with Crippen LogP contribution in [0.5, 0.6) is 0 Å². The van der Waals surface area contributed by atoms with Gasteiger partial charge in [-0.2, -0.15) is 5.26 Å². The number of thiocyanates is 1. The molecule has 0 atom stereocenters. The van der Waals surface area contributed by atoms with E-state index in [1.807, 2.05) is 12.3 Å². The zero-order valence-corrected chi connectivity index (χ0v) is 14.6. The largest absolute Gasteiger partial charge is 0.295 e. The van der Waals surface area contributed by atoms with Crippen molar-refractivity contribution < 1.29 is 8.42 Å². The van der Waals surface area contributed by atoms with Crippen molar-refractivity contribution in [3.63, 3.8) is 0 Å². The van der Waals surface area contributed by atoms with Gasteiger partial charge in [0.15, 0.2) is 9.84 Å². The van der Waals surface area contributed by atoms with Crippen LogP contribution in [0.25, 0.3) is 10.9 Å². The Morgan fingerprint density at radius 1 is 1.39 bits per heavy atom. The summed E-state index contributed by atoms with van der Waals surface area (Å²) in [4.78, 5) is 17.2. The SMILES string of the molecule is CCCCn1c(CSC#N)nc2cc(S(C)(=O)=O)ccc2c1=O. The van der Waals surface area contributed by atoms with E-state index in [0.717, 1.165) is 30.9 Å². The molecule has 0 amide bonds. The highest BCUT2D eigenvalue weighted by Crippen LogP contribution is 2.17. The van der Waals surface area contributed by atoms with Gasteiger partial charge in [0, 0.05) is 12.8 Å². The molecule has 0 bridgehead atoms. The molecule has 0 aliphatic heterocycles. The number of nitriles is 1. The van der Waals surface area contributed by atoms with Crippen molar-refractivity contribution in [2.75, 3.05) is 6.26 Å². The molecule has 0 N–H and O–H groups in total. The van der Waals surface area contributed by atoms with E-state index in [0.29, 0.717) is 23.3 Å². The molecule has 8 heteroatoms. The number of hydrogen-bond acceptors (Lipinski definition) is 6. The highest BCUT2D eigenvalue weighted by molar-refractivity contribution is 8.02. The van der Waals surface area contributed by atoms with Crippen LogP contribution >= 0.6 is 11.8 Å². The molecule has 0 aliphatic carbocycles. The molecule has 0 fully saturated rings. The average Bonchev–Trinajstić information content (AvgIpc) is 2.51. The van der Waals surface area contributed by atoms with Gasteiger partial charge in [-0.15, -0.1) is 0 Å². The molecule has 0 radical (unpaired) electrons. The third-order valence-corrected chi connectivity index (χ3v) is 5.08. The lowest BCUT2D eigenvalue weighted by atomic mass is 10.2. The van der Waals surface area contributed by atoms with Crippen LogP contribution in [-0.2, 0) is 22.1 Å². The van der Waals surface area contributed by atoms with Crippen LogP contribution in [0, 0.1) is 10.7 Å². The predicted molar refractivity (Wildman–Crippen MR) is 90.9 cm³/mol. The Morgan fingerprint density at radius 3 is 2.74 bits per heavy atom. The summed E-state index contributed by atoms with van der Waals surface area (Å²) < 4.78 is 24.9. The number of fused-ring (bicyclic) bond motifs is 1. The molecule has 122 valence electrons. The van der Waals surface area contributed by atoms with Crippen molar-refractivity contribution in [3.05, 3.63) is 34.4 Å². The summed E-state index contributed by atoms with van der Waals surface area (Å²) in [5, 5.41) is 11.1. The Balaban J connectivity index is 2.68. The first-order valence-electron chi connectivity index (χ1n) is 7.13. The number of aromatic nitrogens is 2. The second-order valence-corrected chi connectivity index (χ2v) is 7.95. The van der Waals surface area contributed by atoms with Gasteiger partial charge in [0.1, 0.15) is 11.2 Å². The first kappa shape index (κ1) is 17.5. The van der Waals surface area contributed by atoms with Crippen molar-refractivity contribution in [1.29, 1.82) is 5.26 Å². The Hall–Kier alpha value is -1.85. The molecule has 0 spiro atoms. The molecule has 2 aromatic rings. The molecule has 0 saturated heterocycles. The second kappa shape index (κ2) is 7.15. The highest BCUT2D eigenvalue weighted by Gasteiger charge is 2.14. The van der Waals surface area contributed by atoms with Crippen LogP contribution in [0.15, 0.2) is 27.9 Å². The lowest BCUT2D eigenvalue weighted by molar-refractivity contribution is 0.589. The molecule has 1 aromatic heterocycles. The lowest BCUT2D eigenvalue weighted by Gasteiger charge is -2.12. The maximum Gasteiger partial charge on any atom is 0.261 e. The van der Waals surface area contributed by atoms with Crippen LogP contribution in [0.2, 0.25) is 0 Å². The Kier molecular flexibility index (Phi) is 5.44. The van der Waals surface area contributed by atoms with Gasteiger partial charge in [-0.1, -0.05) is 13.3 Å². The summed E-state index contributed by atoms with van der Waals surface area (Å²) >= 11 is 1.00. The predicted octanol–water partition coefficient (Wildman–Crippen LogP) is 2.31. The van der Waals surface area contributed by atoms with E-state index >= 15 is 0 Å². The van der Waals surface area contributed by atoms with E-state index in [2.05, 4.69) is 4.98 Å². The lowest BCUT2D eigenvalue weighted by Crippen LogP contribution is -2.25. The van der Waals surface area contributed by atoms with Crippen molar-refractivity contribution in [2.24, 2.45) is 0 Å². The number of nitrogens with zero attached hydrogens (tertiary/aromatic N) is 3. The third kappa shape index (κ3) is 3.92.